The van der Waals surface area contributed by atoms with Crippen LogP contribution in [0.5, 0.6) is 0 Å². The van der Waals surface area contributed by atoms with Crippen molar-refractivity contribution in [2.45, 2.75) is 32.2 Å². The number of nitrogens with zero attached hydrogens (tertiary/aromatic N) is 4. The maximum Gasteiger partial charge on any atom is 0.338 e. The first-order chi connectivity index (χ1) is 15.6. The molecule has 1 unspecified atom stereocenters. The van der Waals surface area contributed by atoms with Gasteiger partial charge in [0.15, 0.2) is 0 Å². The number of imide groups is 1. The normalized spacial score (nSPS) is 19.5. The van der Waals surface area contributed by atoms with E-state index in [1.165, 1.54) is 4.90 Å². The summed E-state index contributed by atoms with van der Waals surface area (Å²) in [5, 5.41) is 0. The van der Waals surface area contributed by atoms with Crippen molar-refractivity contribution in [3.63, 3.8) is 0 Å². The highest BCUT2D eigenvalue weighted by atomic mass is 16.5. The third-order valence-corrected chi connectivity index (χ3v) is 5.94. The van der Waals surface area contributed by atoms with Gasteiger partial charge in [0.25, 0.3) is 5.91 Å². The molecule has 0 saturated carbocycles. The maximum atomic E-state index is 13.1. The Morgan fingerprint density at radius 2 is 1.81 bits per heavy atom. The van der Waals surface area contributed by atoms with Crippen LogP contribution in [-0.4, -0.2) is 66.5 Å². The van der Waals surface area contributed by atoms with Gasteiger partial charge < -0.3 is 9.64 Å². The lowest BCUT2D eigenvalue weighted by atomic mass is 10.1. The van der Waals surface area contributed by atoms with Crippen LogP contribution >= 0.6 is 0 Å². The molecule has 0 aliphatic carbocycles. The molecule has 2 amide bonds. The van der Waals surface area contributed by atoms with Crippen molar-refractivity contribution in [1.29, 1.82) is 0 Å². The molecule has 1 atom stereocenters. The fourth-order valence-electron chi connectivity index (χ4n) is 4.12. The van der Waals surface area contributed by atoms with E-state index in [9.17, 15) is 14.4 Å². The molecule has 0 bridgehead atoms. The average molecular weight is 437 g/mol. The van der Waals surface area contributed by atoms with Gasteiger partial charge in [-0.2, -0.15) is 0 Å². The summed E-state index contributed by atoms with van der Waals surface area (Å²) in [7, 11) is 0. The molecular formula is C24H28N4O4. The highest BCUT2D eigenvalue weighted by molar-refractivity contribution is 6.22. The van der Waals surface area contributed by atoms with E-state index < -0.39 is 12.0 Å². The molecule has 8 heteroatoms. The molecule has 0 N–H and O–H groups in total. The summed E-state index contributed by atoms with van der Waals surface area (Å²) >= 11 is 0. The number of hydrogen-bond acceptors (Lipinski definition) is 7. The standard InChI is InChI=1S/C24H28N4O4/c1-2-3-16-32-24(31)18-7-9-19(10-8-18)28-22(29)17-20(23(28)30)26-12-14-27(15-13-26)21-6-4-5-11-25-21/h4-11,20H,2-3,12-17H2,1H3. The van der Waals surface area contributed by atoms with E-state index in [4.69, 9.17) is 4.74 Å². The Balaban J connectivity index is 1.37. The second kappa shape index (κ2) is 9.91. The molecule has 1 aromatic heterocycles. The van der Waals surface area contributed by atoms with Gasteiger partial charge >= 0.3 is 5.97 Å². The zero-order chi connectivity index (χ0) is 22.5. The number of esters is 1. The summed E-state index contributed by atoms with van der Waals surface area (Å²) in [5.74, 6) is 0.105. The van der Waals surface area contributed by atoms with Crippen LogP contribution in [-0.2, 0) is 14.3 Å². The van der Waals surface area contributed by atoms with Crippen LogP contribution in [0, 0.1) is 0 Å². The second-order valence-electron chi connectivity index (χ2n) is 8.03. The average Bonchev–Trinajstić information content (AvgIpc) is 3.13. The van der Waals surface area contributed by atoms with Gasteiger partial charge in [0.05, 0.1) is 30.3 Å². The number of anilines is 2. The largest absolute Gasteiger partial charge is 0.462 e. The lowest BCUT2D eigenvalue weighted by molar-refractivity contribution is -0.123. The van der Waals surface area contributed by atoms with Crippen LogP contribution in [0.15, 0.2) is 48.7 Å². The number of amides is 2. The molecule has 2 saturated heterocycles. The summed E-state index contributed by atoms with van der Waals surface area (Å²) in [4.78, 5) is 47.8. The smallest absolute Gasteiger partial charge is 0.338 e. The SMILES string of the molecule is CCCCOC(=O)c1ccc(N2C(=O)CC(N3CCN(c4ccccn4)CC3)C2=O)cc1. The zero-order valence-corrected chi connectivity index (χ0v) is 18.3. The van der Waals surface area contributed by atoms with Gasteiger partial charge in [0, 0.05) is 32.4 Å². The first-order valence-electron chi connectivity index (χ1n) is 11.1. The third-order valence-electron chi connectivity index (χ3n) is 5.94. The van der Waals surface area contributed by atoms with Gasteiger partial charge in [0.1, 0.15) is 5.82 Å². The molecular weight excluding hydrogens is 408 g/mol. The summed E-state index contributed by atoms with van der Waals surface area (Å²) in [6.07, 6.45) is 3.71. The number of unbranched alkanes of at least 4 members (excludes halogenated alkanes) is 1. The predicted octanol–water partition coefficient (Wildman–Crippen LogP) is 2.49. The van der Waals surface area contributed by atoms with Crippen LogP contribution in [0.2, 0.25) is 0 Å². The number of hydrogen-bond donors (Lipinski definition) is 0. The number of benzene rings is 1. The molecule has 168 valence electrons. The number of piperazine rings is 1. The Bertz CT molecular complexity index is 956. The maximum absolute atomic E-state index is 13.1. The van der Waals surface area contributed by atoms with E-state index >= 15 is 0 Å². The Morgan fingerprint density at radius 1 is 1.06 bits per heavy atom. The van der Waals surface area contributed by atoms with Gasteiger partial charge in [-0.25, -0.2) is 14.7 Å². The Kier molecular flexibility index (Phi) is 6.80. The quantitative estimate of drug-likeness (QED) is 0.375. The minimum absolute atomic E-state index is 0.170. The fraction of sp³-hybridized carbons (Fsp3) is 0.417. The van der Waals surface area contributed by atoms with Crippen LogP contribution in [0.3, 0.4) is 0 Å². The number of rotatable bonds is 7. The van der Waals surface area contributed by atoms with E-state index in [1.807, 2.05) is 25.1 Å². The molecule has 3 heterocycles. The first-order valence-corrected chi connectivity index (χ1v) is 11.1. The Hall–Kier alpha value is -3.26. The number of pyridine rings is 1. The first kappa shape index (κ1) is 22.0. The molecule has 2 aliphatic rings. The van der Waals surface area contributed by atoms with E-state index in [0.717, 1.165) is 31.7 Å². The lowest BCUT2D eigenvalue weighted by Crippen LogP contribution is -2.52. The van der Waals surface area contributed by atoms with Gasteiger partial charge in [-0.1, -0.05) is 19.4 Å². The summed E-state index contributed by atoms with van der Waals surface area (Å²) in [6, 6.07) is 11.8. The molecule has 1 aromatic carbocycles. The van der Waals surface area contributed by atoms with E-state index in [-0.39, 0.29) is 18.2 Å². The van der Waals surface area contributed by atoms with Gasteiger partial charge in [-0.3, -0.25) is 14.5 Å². The van der Waals surface area contributed by atoms with Gasteiger partial charge in [-0.15, -0.1) is 0 Å². The highest BCUT2D eigenvalue weighted by Gasteiger charge is 2.43. The van der Waals surface area contributed by atoms with E-state index in [2.05, 4.69) is 14.8 Å². The zero-order valence-electron chi connectivity index (χ0n) is 18.3. The monoisotopic (exact) mass is 436 g/mol. The number of ether oxygens (including phenoxy) is 1. The molecule has 4 rings (SSSR count). The molecule has 32 heavy (non-hydrogen) atoms. The predicted molar refractivity (Wildman–Crippen MR) is 121 cm³/mol. The Morgan fingerprint density at radius 3 is 2.47 bits per heavy atom. The van der Waals surface area contributed by atoms with E-state index in [0.29, 0.717) is 30.9 Å². The van der Waals surface area contributed by atoms with Crippen LogP contribution < -0.4 is 9.80 Å². The molecule has 2 aliphatic heterocycles. The van der Waals surface area contributed by atoms with Crippen molar-refractivity contribution in [2.75, 3.05) is 42.6 Å². The van der Waals surface area contributed by atoms with Gasteiger partial charge in [0.2, 0.25) is 5.91 Å². The molecule has 0 spiro atoms. The van der Waals surface area contributed by atoms with Crippen LogP contribution in [0.1, 0.15) is 36.5 Å². The van der Waals surface area contributed by atoms with Gasteiger partial charge in [-0.05, 0) is 42.8 Å². The molecule has 8 nitrogen and oxygen atoms in total. The van der Waals surface area contributed by atoms with Crippen LogP contribution in [0.25, 0.3) is 0 Å². The van der Waals surface area contributed by atoms with Crippen molar-refractivity contribution < 1.29 is 19.1 Å². The lowest BCUT2D eigenvalue weighted by Gasteiger charge is -2.37. The number of aromatic nitrogens is 1. The minimum atomic E-state index is -0.452. The highest BCUT2D eigenvalue weighted by Crippen LogP contribution is 2.27. The topological polar surface area (TPSA) is 83.1 Å². The summed E-state index contributed by atoms with van der Waals surface area (Å²) in [5.41, 5.74) is 0.894. The summed E-state index contributed by atoms with van der Waals surface area (Å²) < 4.78 is 5.21. The molecule has 2 fully saturated rings. The summed E-state index contributed by atoms with van der Waals surface area (Å²) in [6.45, 7) is 5.30. The minimum Gasteiger partial charge on any atom is -0.462 e. The fourth-order valence-corrected chi connectivity index (χ4v) is 4.12. The van der Waals surface area contributed by atoms with Crippen LogP contribution in [0.4, 0.5) is 11.5 Å². The van der Waals surface area contributed by atoms with Crippen molar-refractivity contribution in [1.82, 2.24) is 9.88 Å². The van der Waals surface area contributed by atoms with Crippen molar-refractivity contribution >= 4 is 29.3 Å². The van der Waals surface area contributed by atoms with E-state index in [1.54, 1.807) is 30.5 Å². The molecule has 2 aromatic rings. The second-order valence-corrected chi connectivity index (χ2v) is 8.03. The number of carbonyl (C=O) groups excluding carboxylic acids is 3. The Labute approximate surface area is 187 Å². The third kappa shape index (κ3) is 4.65. The molecule has 0 radical (unpaired) electrons. The van der Waals surface area contributed by atoms with Crippen molar-refractivity contribution in [3.05, 3.63) is 54.2 Å². The van der Waals surface area contributed by atoms with Crippen molar-refractivity contribution in [3.8, 4) is 0 Å². The number of carbonyl (C=O) groups is 3. The van der Waals surface area contributed by atoms with Crippen molar-refractivity contribution in [2.24, 2.45) is 0 Å².